The molecule has 1 unspecified atom stereocenters. The van der Waals surface area contributed by atoms with Crippen molar-refractivity contribution in [2.45, 2.75) is 33.3 Å². The summed E-state index contributed by atoms with van der Waals surface area (Å²) in [6.07, 6.45) is 0.418. The number of fused-ring (bicyclic) bond motifs is 2. The topological polar surface area (TPSA) is 56.5 Å². The SMILES string of the molecule is CCC1=Nn2c(nc3ccccc3c2=O)C(C(C)C)O1. The molecule has 5 nitrogen and oxygen atoms in total. The average molecular weight is 271 g/mol. The first-order valence-electron chi connectivity index (χ1n) is 6.88. The van der Waals surface area contributed by atoms with Crippen molar-refractivity contribution in [3.8, 4) is 0 Å². The molecule has 2 aromatic rings. The molecule has 1 aliphatic rings. The van der Waals surface area contributed by atoms with E-state index in [9.17, 15) is 4.79 Å². The summed E-state index contributed by atoms with van der Waals surface area (Å²) in [5.74, 6) is 1.38. The van der Waals surface area contributed by atoms with Crippen LogP contribution in [0.5, 0.6) is 0 Å². The molecule has 0 amide bonds. The summed E-state index contributed by atoms with van der Waals surface area (Å²) in [5, 5.41) is 4.87. The van der Waals surface area contributed by atoms with Gasteiger partial charge in [-0.05, 0) is 18.1 Å². The smallest absolute Gasteiger partial charge is 0.282 e. The van der Waals surface area contributed by atoms with Crippen LogP contribution >= 0.6 is 0 Å². The van der Waals surface area contributed by atoms with Gasteiger partial charge in [-0.2, -0.15) is 4.68 Å². The molecule has 0 spiro atoms. The molecular formula is C15H17N3O2. The van der Waals surface area contributed by atoms with E-state index in [0.29, 0.717) is 29.0 Å². The van der Waals surface area contributed by atoms with Crippen LogP contribution in [-0.2, 0) is 4.74 Å². The maximum absolute atomic E-state index is 12.6. The summed E-state index contributed by atoms with van der Waals surface area (Å²) < 4.78 is 7.25. The first-order chi connectivity index (χ1) is 9.61. The summed E-state index contributed by atoms with van der Waals surface area (Å²) >= 11 is 0. The molecular weight excluding hydrogens is 254 g/mol. The van der Waals surface area contributed by atoms with Gasteiger partial charge in [0, 0.05) is 6.42 Å². The summed E-state index contributed by atoms with van der Waals surface area (Å²) in [7, 11) is 0. The summed E-state index contributed by atoms with van der Waals surface area (Å²) in [5.41, 5.74) is 0.554. The number of ether oxygens (including phenoxy) is 1. The van der Waals surface area contributed by atoms with Crippen molar-refractivity contribution in [3.05, 3.63) is 40.4 Å². The molecule has 1 aliphatic heterocycles. The second-order valence-corrected chi connectivity index (χ2v) is 5.23. The van der Waals surface area contributed by atoms with Crippen LogP contribution in [0.25, 0.3) is 10.9 Å². The summed E-state index contributed by atoms with van der Waals surface area (Å²) in [4.78, 5) is 17.1. The Morgan fingerprint density at radius 1 is 1.35 bits per heavy atom. The monoisotopic (exact) mass is 271 g/mol. The zero-order valence-electron chi connectivity index (χ0n) is 11.8. The third kappa shape index (κ3) is 1.90. The van der Waals surface area contributed by atoms with Gasteiger partial charge in [0.25, 0.3) is 5.56 Å². The lowest BCUT2D eigenvalue weighted by Crippen LogP contribution is -2.33. The molecule has 0 N–H and O–H groups in total. The van der Waals surface area contributed by atoms with E-state index in [0.717, 1.165) is 0 Å². The number of rotatable bonds is 2. The lowest BCUT2D eigenvalue weighted by Gasteiger charge is -2.27. The Labute approximate surface area is 116 Å². The minimum Gasteiger partial charge on any atom is -0.468 e. The average Bonchev–Trinajstić information content (AvgIpc) is 2.46. The fourth-order valence-electron chi connectivity index (χ4n) is 2.34. The largest absolute Gasteiger partial charge is 0.468 e. The molecule has 0 radical (unpaired) electrons. The first kappa shape index (κ1) is 12.8. The van der Waals surface area contributed by atoms with Gasteiger partial charge in [-0.25, -0.2) is 4.98 Å². The van der Waals surface area contributed by atoms with Crippen LogP contribution in [0.4, 0.5) is 0 Å². The van der Waals surface area contributed by atoms with Crippen molar-refractivity contribution < 1.29 is 4.74 Å². The Balaban J connectivity index is 2.34. The van der Waals surface area contributed by atoms with Gasteiger partial charge >= 0.3 is 0 Å². The van der Waals surface area contributed by atoms with E-state index in [1.165, 1.54) is 4.68 Å². The van der Waals surface area contributed by atoms with E-state index >= 15 is 0 Å². The third-order valence-corrected chi connectivity index (χ3v) is 3.42. The molecule has 5 heteroatoms. The number of hydrogen-bond acceptors (Lipinski definition) is 4. The number of benzene rings is 1. The Kier molecular flexibility index (Phi) is 3.04. The molecule has 0 saturated carbocycles. The van der Waals surface area contributed by atoms with Crippen LogP contribution in [0.1, 0.15) is 39.1 Å². The molecule has 0 aliphatic carbocycles. The van der Waals surface area contributed by atoms with E-state index in [-0.39, 0.29) is 17.6 Å². The number of hydrogen-bond donors (Lipinski definition) is 0. The second kappa shape index (κ2) is 4.74. The van der Waals surface area contributed by atoms with Crippen molar-refractivity contribution >= 4 is 16.8 Å². The predicted octanol–water partition coefficient (Wildman–Crippen LogP) is 2.70. The highest BCUT2D eigenvalue weighted by Gasteiger charge is 2.29. The standard InChI is InChI=1S/C15H17N3O2/c1-4-12-17-18-14(13(20-12)9(2)3)16-11-8-6-5-7-10(11)15(18)19/h5-9,13H,4H2,1-3H3. The van der Waals surface area contributed by atoms with E-state index < -0.39 is 0 Å². The fourth-order valence-corrected chi connectivity index (χ4v) is 2.34. The number of para-hydroxylation sites is 1. The molecule has 1 aromatic carbocycles. The molecule has 20 heavy (non-hydrogen) atoms. The molecule has 0 fully saturated rings. The Hall–Kier alpha value is -2.17. The lowest BCUT2D eigenvalue weighted by atomic mass is 10.1. The van der Waals surface area contributed by atoms with Crippen LogP contribution in [0.2, 0.25) is 0 Å². The minimum absolute atomic E-state index is 0.134. The molecule has 0 saturated heterocycles. The van der Waals surface area contributed by atoms with Crippen LogP contribution in [-0.4, -0.2) is 15.6 Å². The normalized spacial score (nSPS) is 17.8. The van der Waals surface area contributed by atoms with Crippen molar-refractivity contribution in [2.75, 3.05) is 0 Å². The van der Waals surface area contributed by atoms with E-state index in [1.54, 1.807) is 6.07 Å². The van der Waals surface area contributed by atoms with Gasteiger partial charge < -0.3 is 4.74 Å². The van der Waals surface area contributed by atoms with Crippen LogP contribution in [0.15, 0.2) is 34.2 Å². The molecule has 2 heterocycles. The van der Waals surface area contributed by atoms with Gasteiger partial charge in [-0.15, -0.1) is 5.10 Å². The van der Waals surface area contributed by atoms with Gasteiger partial charge in [0.05, 0.1) is 10.9 Å². The van der Waals surface area contributed by atoms with Crippen molar-refractivity contribution in [1.29, 1.82) is 0 Å². The second-order valence-electron chi connectivity index (χ2n) is 5.23. The predicted molar refractivity (Wildman–Crippen MR) is 77.8 cm³/mol. The Morgan fingerprint density at radius 2 is 2.10 bits per heavy atom. The fraction of sp³-hybridized carbons (Fsp3) is 0.400. The lowest BCUT2D eigenvalue weighted by molar-refractivity contribution is 0.110. The van der Waals surface area contributed by atoms with Gasteiger partial charge in [0.1, 0.15) is 0 Å². The molecule has 1 atom stereocenters. The van der Waals surface area contributed by atoms with Gasteiger partial charge in [0.2, 0.25) is 5.90 Å². The molecule has 3 rings (SSSR count). The van der Waals surface area contributed by atoms with E-state index in [1.807, 2.05) is 25.1 Å². The van der Waals surface area contributed by atoms with Gasteiger partial charge in [0.15, 0.2) is 11.9 Å². The van der Waals surface area contributed by atoms with Crippen molar-refractivity contribution in [2.24, 2.45) is 11.0 Å². The van der Waals surface area contributed by atoms with E-state index in [4.69, 9.17) is 4.74 Å². The maximum atomic E-state index is 12.6. The summed E-state index contributed by atoms with van der Waals surface area (Å²) in [6.45, 7) is 6.06. The summed E-state index contributed by atoms with van der Waals surface area (Å²) in [6, 6.07) is 7.33. The highest BCUT2D eigenvalue weighted by molar-refractivity contribution is 5.79. The first-order valence-corrected chi connectivity index (χ1v) is 6.88. The zero-order valence-corrected chi connectivity index (χ0v) is 11.8. The number of aromatic nitrogens is 2. The van der Waals surface area contributed by atoms with E-state index in [2.05, 4.69) is 23.9 Å². The highest BCUT2D eigenvalue weighted by atomic mass is 16.5. The van der Waals surface area contributed by atoms with Crippen molar-refractivity contribution in [1.82, 2.24) is 9.66 Å². The van der Waals surface area contributed by atoms with Gasteiger partial charge in [-0.3, -0.25) is 4.79 Å². The molecule has 104 valence electrons. The Morgan fingerprint density at radius 3 is 2.80 bits per heavy atom. The van der Waals surface area contributed by atoms with Gasteiger partial charge in [-0.1, -0.05) is 32.9 Å². The quantitative estimate of drug-likeness (QED) is 0.843. The minimum atomic E-state index is -0.236. The maximum Gasteiger partial charge on any atom is 0.282 e. The third-order valence-electron chi connectivity index (χ3n) is 3.42. The van der Waals surface area contributed by atoms with Crippen LogP contribution in [0.3, 0.4) is 0 Å². The zero-order chi connectivity index (χ0) is 14.3. The number of nitrogens with zero attached hydrogens (tertiary/aromatic N) is 3. The van der Waals surface area contributed by atoms with Crippen molar-refractivity contribution in [3.63, 3.8) is 0 Å². The molecule has 1 aromatic heterocycles. The Bertz CT molecular complexity index is 746. The molecule has 0 bridgehead atoms. The van der Waals surface area contributed by atoms with Crippen LogP contribution < -0.4 is 5.56 Å². The van der Waals surface area contributed by atoms with Crippen LogP contribution in [0, 0.1) is 5.92 Å². The highest BCUT2D eigenvalue weighted by Crippen LogP contribution is 2.28.